The zero-order chi connectivity index (χ0) is 23.3. The van der Waals surface area contributed by atoms with Gasteiger partial charge in [-0.2, -0.15) is 0 Å². The molecule has 2 N–H and O–H groups in total. The van der Waals surface area contributed by atoms with Crippen molar-refractivity contribution in [2.45, 2.75) is 46.1 Å². The molecule has 0 unspecified atom stereocenters. The summed E-state index contributed by atoms with van der Waals surface area (Å²) in [5, 5.41) is 13.5. The first-order valence-electron chi connectivity index (χ1n) is 10.6. The molecule has 3 rings (SSSR count). The van der Waals surface area contributed by atoms with Crippen LogP contribution in [0.4, 0.5) is 4.39 Å². The van der Waals surface area contributed by atoms with E-state index in [1.165, 1.54) is 19.2 Å². The lowest BCUT2D eigenvalue weighted by Gasteiger charge is -2.15. The number of halogens is 1. The highest BCUT2D eigenvalue weighted by atomic mass is 19.1. The molecular weight excluding hydrogens is 413 g/mol. The van der Waals surface area contributed by atoms with Gasteiger partial charge in [0.05, 0.1) is 7.11 Å². The van der Waals surface area contributed by atoms with Crippen molar-refractivity contribution < 1.29 is 28.6 Å². The fourth-order valence-electron chi connectivity index (χ4n) is 3.84. The normalized spacial score (nSPS) is 13.0. The molecule has 1 aliphatic rings. The van der Waals surface area contributed by atoms with Gasteiger partial charge in [0, 0.05) is 24.1 Å². The Kier molecular flexibility index (Phi) is 7.51. The predicted octanol–water partition coefficient (Wildman–Crippen LogP) is 4.15. The number of ether oxygens (including phenoxy) is 2. The highest BCUT2D eigenvalue weighted by Crippen LogP contribution is 2.42. The molecule has 32 heavy (non-hydrogen) atoms. The smallest absolute Gasteiger partial charge is 0.342 e. The first kappa shape index (κ1) is 23.3. The number of cyclic esters (lactones) is 1. The molecule has 1 aliphatic heterocycles. The molecule has 2 aromatic carbocycles. The van der Waals surface area contributed by atoms with Crippen LogP contribution in [-0.2, 0) is 29.0 Å². The number of allylic oxidation sites excluding steroid dienone is 2. The Morgan fingerprint density at radius 3 is 2.84 bits per heavy atom. The fraction of sp³-hybridized carbons (Fsp3) is 0.360. The molecule has 0 saturated carbocycles. The van der Waals surface area contributed by atoms with Crippen molar-refractivity contribution >= 4 is 11.9 Å². The summed E-state index contributed by atoms with van der Waals surface area (Å²) in [5.74, 6) is -0.457. The SMILES string of the molecule is COc1c(C)c2c(c(O)c1CC=C(C)CCC(=O)NCCc1cccc(F)c1)C(=O)OC2. The lowest BCUT2D eigenvalue weighted by atomic mass is 9.94. The molecule has 0 atom stereocenters. The van der Waals surface area contributed by atoms with Crippen LogP contribution in [0.25, 0.3) is 0 Å². The van der Waals surface area contributed by atoms with E-state index in [0.717, 1.165) is 16.7 Å². The van der Waals surface area contributed by atoms with Crippen molar-refractivity contribution in [2.24, 2.45) is 0 Å². The van der Waals surface area contributed by atoms with Gasteiger partial charge in [0.25, 0.3) is 0 Å². The Bertz CT molecular complexity index is 1060. The van der Waals surface area contributed by atoms with Crippen LogP contribution in [0.1, 0.15) is 52.4 Å². The minimum atomic E-state index is -0.528. The summed E-state index contributed by atoms with van der Waals surface area (Å²) in [6.45, 7) is 4.33. The summed E-state index contributed by atoms with van der Waals surface area (Å²) in [6, 6.07) is 6.33. The third-order valence-electron chi connectivity index (χ3n) is 5.67. The molecule has 0 aliphatic carbocycles. The molecule has 0 saturated heterocycles. The molecular formula is C25H28FNO5. The minimum absolute atomic E-state index is 0.0781. The number of rotatable bonds is 9. The number of aromatic hydroxyl groups is 1. The van der Waals surface area contributed by atoms with Crippen LogP contribution in [-0.4, -0.2) is 30.6 Å². The number of methoxy groups -OCH3 is 1. The van der Waals surface area contributed by atoms with Gasteiger partial charge >= 0.3 is 5.97 Å². The Hall–Kier alpha value is -3.35. The van der Waals surface area contributed by atoms with Gasteiger partial charge < -0.3 is 19.9 Å². The molecule has 0 fully saturated rings. The monoisotopic (exact) mass is 441 g/mol. The zero-order valence-corrected chi connectivity index (χ0v) is 18.6. The highest BCUT2D eigenvalue weighted by molar-refractivity contribution is 5.98. The van der Waals surface area contributed by atoms with Crippen molar-refractivity contribution in [3.63, 3.8) is 0 Å². The van der Waals surface area contributed by atoms with Gasteiger partial charge in [-0.3, -0.25) is 4.79 Å². The molecule has 170 valence electrons. The van der Waals surface area contributed by atoms with E-state index in [2.05, 4.69) is 5.32 Å². The predicted molar refractivity (Wildman–Crippen MR) is 118 cm³/mol. The number of carbonyl (C=O) groups excluding carboxylic acids is 2. The van der Waals surface area contributed by atoms with Gasteiger partial charge in [0.1, 0.15) is 29.5 Å². The molecule has 0 bridgehead atoms. The number of hydrogen-bond acceptors (Lipinski definition) is 5. The number of fused-ring (bicyclic) bond motifs is 1. The van der Waals surface area contributed by atoms with Crippen LogP contribution in [0.5, 0.6) is 11.5 Å². The third-order valence-corrected chi connectivity index (χ3v) is 5.67. The molecule has 0 spiro atoms. The number of hydrogen-bond donors (Lipinski definition) is 2. The maximum absolute atomic E-state index is 13.2. The molecule has 0 aromatic heterocycles. The van der Waals surface area contributed by atoms with E-state index < -0.39 is 5.97 Å². The van der Waals surface area contributed by atoms with Crippen LogP contribution < -0.4 is 10.1 Å². The summed E-state index contributed by atoms with van der Waals surface area (Å²) < 4.78 is 23.8. The number of nitrogens with one attached hydrogen (secondary N) is 1. The Morgan fingerprint density at radius 1 is 1.34 bits per heavy atom. The van der Waals surface area contributed by atoms with E-state index in [0.29, 0.717) is 49.1 Å². The molecule has 2 aromatic rings. The lowest BCUT2D eigenvalue weighted by molar-refractivity contribution is -0.121. The average Bonchev–Trinajstić information content (AvgIpc) is 3.15. The van der Waals surface area contributed by atoms with Crippen LogP contribution in [0, 0.1) is 12.7 Å². The van der Waals surface area contributed by atoms with Gasteiger partial charge in [-0.05, 0) is 56.4 Å². The van der Waals surface area contributed by atoms with Gasteiger partial charge in [-0.15, -0.1) is 0 Å². The van der Waals surface area contributed by atoms with Crippen molar-refractivity contribution in [2.75, 3.05) is 13.7 Å². The van der Waals surface area contributed by atoms with Gasteiger partial charge in [0.15, 0.2) is 0 Å². The second kappa shape index (κ2) is 10.3. The largest absolute Gasteiger partial charge is 0.507 e. The summed E-state index contributed by atoms with van der Waals surface area (Å²) in [7, 11) is 1.53. The van der Waals surface area contributed by atoms with Crippen molar-refractivity contribution in [3.05, 3.63) is 69.5 Å². The molecule has 0 radical (unpaired) electrons. The number of amides is 1. The van der Waals surface area contributed by atoms with Gasteiger partial charge in [0.2, 0.25) is 5.91 Å². The number of benzene rings is 2. The molecule has 1 heterocycles. The zero-order valence-electron chi connectivity index (χ0n) is 18.6. The van der Waals surface area contributed by atoms with E-state index >= 15 is 0 Å². The first-order chi connectivity index (χ1) is 15.3. The third kappa shape index (κ3) is 5.28. The summed E-state index contributed by atoms with van der Waals surface area (Å²) >= 11 is 0. The molecule has 6 nitrogen and oxygen atoms in total. The van der Waals surface area contributed by atoms with Crippen LogP contribution in [0.15, 0.2) is 35.9 Å². The second-order valence-electron chi connectivity index (χ2n) is 7.90. The second-order valence-corrected chi connectivity index (χ2v) is 7.90. The summed E-state index contributed by atoms with van der Waals surface area (Å²) in [5.41, 5.74) is 3.99. The number of esters is 1. The van der Waals surface area contributed by atoms with Crippen LogP contribution >= 0.6 is 0 Å². The van der Waals surface area contributed by atoms with E-state index in [4.69, 9.17) is 9.47 Å². The standard InChI is InChI=1S/C25H28FNO5/c1-15(8-10-21(28)27-12-11-17-5-4-6-18(26)13-17)7-9-19-23(29)22-20(14-32-25(22)30)16(2)24(19)31-3/h4-7,13,29H,8-12,14H2,1-3H3,(H,27,28). The van der Waals surface area contributed by atoms with E-state index in [1.807, 2.05) is 26.0 Å². The number of phenols is 1. The maximum Gasteiger partial charge on any atom is 0.342 e. The average molecular weight is 441 g/mol. The summed E-state index contributed by atoms with van der Waals surface area (Å²) in [4.78, 5) is 24.1. The highest BCUT2D eigenvalue weighted by Gasteiger charge is 2.31. The van der Waals surface area contributed by atoms with E-state index in [1.54, 1.807) is 6.07 Å². The van der Waals surface area contributed by atoms with Crippen LogP contribution in [0.2, 0.25) is 0 Å². The lowest BCUT2D eigenvalue weighted by Crippen LogP contribution is -2.25. The van der Waals surface area contributed by atoms with E-state index in [-0.39, 0.29) is 29.6 Å². The number of phenolic OH excluding ortho intramolecular Hbond substituents is 1. The number of carbonyl (C=O) groups is 2. The summed E-state index contributed by atoms with van der Waals surface area (Å²) in [6.07, 6.45) is 3.73. The topological polar surface area (TPSA) is 84.9 Å². The van der Waals surface area contributed by atoms with Crippen molar-refractivity contribution in [1.82, 2.24) is 5.32 Å². The first-order valence-corrected chi connectivity index (χ1v) is 10.6. The van der Waals surface area contributed by atoms with Crippen LogP contribution in [0.3, 0.4) is 0 Å². The minimum Gasteiger partial charge on any atom is -0.507 e. The Labute approximate surface area is 187 Å². The van der Waals surface area contributed by atoms with Crippen molar-refractivity contribution in [1.29, 1.82) is 0 Å². The van der Waals surface area contributed by atoms with Gasteiger partial charge in [-0.1, -0.05) is 23.8 Å². The van der Waals surface area contributed by atoms with Crippen molar-refractivity contribution in [3.8, 4) is 11.5 Å². The quantitative estimate of drug-likeness (QED) is 0.451. The Morgan fingerprint density at radius 2 is 2.12 bits per heavy atom. The molecule has 1 amide bonds. The maximum atomic E-state index is 13.2. The Balaban J connectivity index is 1.56. The molecule has 7 heteroatoms. The fourth-order valence-corrected chi connectivity index (χ4v) is 3.84. The van der Waals surface area contributed by atoms with Gasteiger partial charge in [-0.25, -0.2) is 9.18 Å². The van der Waals surface area contributed by atoms with E-state index in [9.17, 15) is 19.1 Å².